The Morgan fingerprint density at radius 1 is 0.527 bits per heavy atom. The number of carbonyl (C=O) groups excluding carboxylic acids is 3. The second-order valence-corrected chi connectivity index (χ2v) is 26.5. The van der Waals surface area contributed by atoms with Crippen molar-refractivity contribution in [1.29, 1.82) is 0 Å². The standard InChI is InChI=1S/C19H24N6O4S.C19H22N6O3S.C11H17N5O4S.C6H7N3O2/c1-2-30(28,29)25-10-8-24(9-11-25)16-13-21-18(20)17(23-16)19(27)22-12-15(26)14-6-4-3-5-7-14;1-2-29(26,27)25-10-8-24(9-11-25)16-13-21-18(20)17(23-16)19-22-12-15(28-19)14-6-4-3-5-7-14;1-2-21(19,20)16-5-3-15(4-6-16)8-7-13-10(12)9(14-8)11(17)18;1-11-6(10)4-5(7)9-3-2-8-4/h3-7,13H,2,8-12H2,1H3,(H2,20,21)(H,22,27);3-7,12-13H,2,8-11H2,1H3,(H2,20,21);7H,2-6H2,1H3,(H2,12,13)(H,17,18);2-3H,1H3,(H2,7,9). The number of aromatic nitrogens is 9. The van der Waals surface area contributed by atoms with E-state index in [1.807, 2.05) is 40.1 Å². The molecular weight excluding hydrogens is 1240 g/mol. The lowest BCUT2D eigenvalue weighted by atomic mass is 10.1. The molecule has 3 fully saturated rings. The predicted molar refractivity (Wildman–Crippen MR) is 338 cm³/mol. The number of nitrogen functional groups attached to an aromatic ring is 4. The quantitative estimate of drug-likeness (QED) is 0.0548. The fourth-order valence-electron chi connectivity index (χ4n) is 8.93. The third-order valence-electron chi connectivity index (χ3n) is 14.1. The molecule has 0 spiro atoms. The molecule has 10 rings (SSSR count). The van der Waals surface area contributed by atoms with Crippen LogP contribution in [0.5, 0.6) is 0 Å². The highest BCUT2D eigenvalue weighted by molar-refractivity contribution is 7.89. The maximum absolute atomic E-state index is 12.5. The Kier molecular flexibility index (Phi) is 23.6. The van der Waals surface area contributed by atoms with Crippen molar-refractivity contribution < 1.29 is 58.7 Å². The van der Waals surface area contributed by atoms with E-state index in [-0.39, 0.29) is 69.9 Å². The van der Waals surface area contributed by atoms with Crippen molar-refractivity contribution in [2.45, 2.75) is 20.8 Å². The number of carboxylic acids is 1. The zero-order valence-electron chi connectivity index (χ0n) is 50.1. The van der Waals surface area contributed by atoms with Gasteiger partial charge in [0.1, 0.15) is 17.5 Å². The minimum Gasteiger partial charge on any atom is -0.476 e. The number of amides is 1. The second-order valence-electron chi connectivity index (χ2n) is 19.7. The van der Waals surface area contributed by atoms with Crippen molar-refractivity contribution in [1.82, 2.24) is 63.1 Å². The first-order valence-electron chi connectivity index (χ1n) is 28.2. The molecule has 33 nitrogen and oxygen atoms in total. The van der Waals surface area contributed by atoms with Gasteiger partial charge in [-0.25, -0.2) is 79.7 Å². The zero-order valence-corrected chi connectivity index (χ0v) is 52.6. The topological polar surface area (TPSA) is 465 Å². The van der Waals surface area contributed by atoms with Crippen LogP contribution in [0, 0.1) is 0 Å². The first-order valence-corrected chi connectivity index (χ1v) is 33.0. The minimum atomic E-state index is -3.24. The van der Waals surface area contributed by atoms with Crippen LogP contribution < -0.4 is 43.0 Å². The number of ether oxygens (including phenoxy) is 1. The molecule has 3 saturated heterocycles. The summed E-state index contributed by atoms with van der Waals surface area (Å²) in [5, 5.41) is 11.5. The number of hydrogen-bond acceptors (Lipinski definition) is 28. The van der Waals surface area contributed by atoms with Crippen molar-refractivity contribution in [2.24, 2.45) is 0 Å². The molecule has 7 aromatic rings. The molecule has 0 atom stereocenters. The molecule has 36 heteroatoms. The van der Waals surface area contributed by atoms with Crippen LogP contribution in [0.1, 0.15) is 62.6 Å². The Morgan fingerprint density at radius 2 is 0.945 bits per heavy atom. The highest BCUT2D eigenvalue weighted by Gasteiger charge is 2.30. The van der Waals surface area contributed by atoms with Crippen LogP contribution in [0.2, 0.25) is 0 Å². The van der Waals surface area contributed by atoms with Gasteiger partial charge >= 0.3 is 11.9 Å². The summed E-state index contributed by atoms with van der Waals surface area (Å²) in [7, 11) is -8.36. The number of nitrogens with two attached hydrogens (primary N) is 4. The lowest BCUT2D eigenvalue weighted by Gasteiger charge is -2.34. The van der Waals surface area contributed by atoms with E-state index in [9.17, 15) is 44.4 Å². The smallest absolute Gasteiger partial charge is 0.360 e. The van der Waals surface area contributed by atoms with Gasteiger partial charge in [-0.3, -0.25) is 9.59 Å². The first-order chi connectivity index (χ1) is 43.4. The maximum Gasteiger partial charge on any atom is 0.360 e. The molecule has 5 aromatic heterocycles. The van der Waals surface area contributed by atoms with Gasteiger partial charge in [-0.15, -0.1) is 0 Å². The van der Waals surface area contributed by atoms with Gasteiger partial charge < -0.3 is 57.2 Å². The molecular formula is C55H70N20O13S3. The molecule has 1 amide bonds. The molecule has 0 aliphatic carbocycles. The van der Waals surface area contributed by atoms with E-state index in [1.165, 1.54) is 44.8 Å². The van der Waals surface area contributed by atoms with Crippen LogP contribution >= 0.6 is 0 Å². The highest BCUT2D eigenvalue weighted by atomic mass is 32.2. The number of methoxy groups -OCH3 is 1. The molecule has 2 aromatic carbocycles. The molecule has 486 valence electrons. The fourth-order valence-corrected chi connectivity index (χ4v) is 12.2. The minimum absolute atomic E-state index is 0.0457. The fraction of sp³-hybridized carbons (Fsp3) is 0.364. The van der Waals surface area contributed by atoms with Crippen molar-refractivity contribution in [3.63, 3.8) is 0 Å². The Morgan fingerprint density at radius 3 is 1.40 bits per heavy atom. The third-order valence-corrected chi connectivity index (χ3v) is 19.8. The van der Waals surface area contributed by atoms with Crippen LogP contribution in [0.3, 0.4) is 0 Å². The van der Waals surface area contributed by atoms with Gasteiger partial charge in [-0.1, -0.05) is 60.7 Å². The summed E-state index contributed by atoms with van der Waals surface area (Å²) in [6, 6.07) is 18.3. The van der Waals surface area contributed by atoms with Gasteiger partial charge in [0.05, 0.1) is 55.7 Å². The molecule has 3 aliphatic heterocycles. The van der Waals surface area contributed by atoms with Gasteiger partial charge in [0.25, 0.3) is 5.91 Å². The van der Waals surface area contributed by atoms with E-state index in [0.29, 0.717) is 119 Å². The Hall–Kier alpha value is -9.62. The summed E-state index contributed by atoms with van der Waals surface area (Å²) < 4.78 is 86.2. The van der Waals surface area contributed by atoms with Gasteiger partial charge in [0.15, 0.2) is 57.6 Å². The second kappa shape index (κ2) is 31.2. The van der Waals surface area contributed by atoms with Crippen LogP contribution in [-0.4, -0.2) is 221 Å². The monoisotopic (exact) mass is 1310 g/mol. The number of sulfonamides is 3. The molecule has 8 heterocycles. The van der Waals surface area contributed by atoms with Crippen LogP contribution in [0.25, 0.3) is 22.9 Å². The van der Waals surface area contributed by atoms with Crippen LogP contribution in [0.15, 0.2) is 102 Å². The number of anilines is 7. The Bertz CT molecular complexity index is 4000. The SMILES string of the molecule is CCS(=O)(=O)N1CCN(c2cnc(N)c(-c3ncc(-c4ccccc4)o3)n2)CC1.CCS(=O)(=O)N1CCN(c2cnc(N)c(C(=O)NCC(=O)c3ccccc3)n2)CC1.CCS(=O)(=O)N1CCN(c2cnc(N)c(C(=O)O)n2)CC1.COC(=O)c1nccnc1N. The molecule has 0 unspecified atom stereocenters. The zero-order chi connectivity index (χ0) is 66.0. The number of aromatic carboxylic acids is 1. The van der Waals surface area contributed by atoms with E-state index in [4.69, 9.17) is 32.5 Å². The average Bonchev–Trinajstić information content (AvgIpc) is 1.88. The number of oxazole rings is 1. The number of hydrogen-bond donors (Lipinski definition) is 6. The number of ketones is 1. The largest absolute Gasteiger partial charge is 0.476 e. The lowest BCUT2D eigenvalue weighted by molar-refractivity contribution is 0.0593. The molecule has 0 radical (unpaired) electrons. The average molecular weight is 1320 g/mol. The number of nitrogens with one attached hydrogen (secondary N) is 1. The molecule has 0 saturated carbocycles. The van der Waals surface area contributed by atoms with Crippen molar-refractivity contribution >= 4 is 94.4 Å². The van der Waals surface area contributed by atoms with E-state index in [1.54, 1.807) is 68.4 Å². The first kappa shape index (κ1) is 68.9. The number of Topliss-reactive ketones (excluding diaryl/α,β-unsaturated/α-hetero) is 1. The number of rotatable bonds is 17. The summed E-state index contributed by atoms with van der Waals surface area (Å²) in [6.45, 7) is 9.58. The van der Waals surface area contributed by atoms with Crippen molar-refractivity contribution in [2.75, 3.05) is 147 Å². The normalized spacial score (nSPS) is 14.9. The van der Waals surface area contributed by atoms with E-state index in [0.717, 1.165) is 5.56 Å². The number of esters is 1. The Labute approximate surface area is 525 Å². The summed E-state index contributed by atoms with van der Waals surface area (Å²) in [4.78, 5) is 88.8. The predicted octanol–water partition coefficient (Wildman–Crippen LogP) is 1.07. The molecule has 91 heavy (non-hydrogen) atoms. The Balaban J connectivity index is 0.000000181. The summed E-state index contributed by atoms with van der Waals surface area (Å²) in [6.07, 6.45) is 8.85. The summed E-state index contributed by atoms with van der Waals surface area (Å²) >= 11 is 0. The van der Waals surface area contributed by atoms with Gasteiger partial charge in [-0.05, 0) is 20.8 Å². The van der Waals surface area contributed by atoms with Crippen LogP contribution in [-0.2, 0) is 34.8 Å². The van der Waals surface area contributed by atoms with Crippen LogP contribution in [0.4, 0.5) is 40.7 Å². The van der Waals surface area contributed by atoms with E-state index < -0.39 is 47.9 Å². The highest BCUT2D eigenvalue weighted by Crippen LogP contribution is 2.29. The maximum atomic E-state index is 12.5. The molecule has 10 N–H and O–H groups in total. The number of benzene rings is 2. The summed E-state index contributed by atoms with van der Waals surface area (Å²) in [5.41, 5.74) is 24.1. The van der Waals surface area contributed by atoms with Gasteiger partial charge in [0, 0.05) is 102 Å². The summed E-state index contributed by atoms with van der Waals surface area (Å²) in [5.74, 6) is 0.0347. The number of piperazine rings is 3. The van der Waals surface area contributed by atoms with Crippen molar-refractivity contribution in [3.05, 3.63) is 120 Å². The van der Waals surface area contributed by atoms with E-state index >= 15 is 0 Å². The lowest BCUT2D eigenvalue weighted by Crippen LogP contribution is -2.49. The van der Waals surface area contributed by atoms with Crippen molar-refractivity contribution in [3.8, 4) is 22.9 Å². The number of nitrogens with zero attached hydrogens (tertiary/aromatic N) is 15. The van der Waals surface area contributed by atoms with Gasteiger partial charge in [-0.2, -0.15) is 12.9 Å². The number of carbonyl (C=O) groups is 4. The molecule has 0 bridgehead atoms. The molecule has 3 aliphatic rings. The van der Waals surface area contributed by atoms with Gasteiger partial charge in [0.2, 0.25) is 36.0 Å². The van der Waals surface area contributed by atoms with E-state index in [2.05, 4.69) is 54.9 Å². The number of carboxylic acid groups (broad SMARTS) is 1. The third kappa shape index (κ3) is 18.1.